The van der Waals surface area contributed by atoms with Crippen molar-refractivity contribution in [2.45, 2.75) is 31.1 Å². The number of benzene rings is 1. The van der Waals surface area contributed by atoms with E-state index < -0.39 is 5.60 Å². The molecule has 21 heavy (non-hydrogen) atoms. The molecule has 6 nitrogen and oxygen atoms in total. The van der Waals surface area contributed by atoms with Crippen LogP contribution in [-0.2, 0) is 12.1 Å². The van der Waals surface area contributed by atoms with Gasteiger partial charge in [0.2, 0.25) is 5.16 Å². The number of hydrogen-bond acceptors (Lipinski definition) is 6. The van der Waals surface area contributed by atoms with E-state index in [1.165, 1.54) is 11.8 Å². The van der Waals surface area contributed by atoms with Crippen LogP contribution in [0.1, 0.15) is 19.4 Å². The first-order chi connectivity index (χ1) is 10.1. The lowest BCUT2D eigenvalue weighted by atomic mass is 9.99. The van der Waals surface area contributed by atoms with E-state index in [-0.39, 0.29) is 0 Å². The standard InChI is InChI=1S/C14H21N5OS/c1-3-15-9-10-19-13(16-17-18-19)21-11-14(2,20)12-7-5-4-6-8-12/h4-8,15,20H,3,9-11H2,1-2H3. The van der Waals surface area contributed by atoms with Crippen LogP contribution in [0.25, 0.3) is 0 Å². The predicted molar refractivity (Wildman–Crippen MR) is 83.1 cm³/mol. The number of nitrogens with zero attached hydrogens (tertiary/aromatic N) is 4. The summed E-state index contributed by atoms with van der Waals surface area (Å²) in [4.78, 5) is 0. The van der Waals surface area contributed by atoms with Gasteiger partial charge in [-0.05, 0) is 29.5 Å². The van der Waals surface area contributed by atoms with Crippen molar-refractivity contribution < 1.29 is 5.11 Å². The Labute approximate surface area is 128 Å². The summed E-state index contributed by atoms with van der Waals surface area (Å²) in [5.41, 5.74) is -0.0196. The molecule has 0 spiro atoms. The third-order valence-electron chi connectivity index (χ3n) is 3.13. The summed E-state index contributed by atoms with van der Waals surface area (Å²) in [5.74, 6) is 0.499. The lowest BCUT2D eigenvalue weighted by Gasteiger charge is -2.22. The molecule has 7 heteroatoms. The first kappa shape index (κ1) is 15.9. The minimum atomic E-state index is -0.912. The number of hydrogen-bond donors (Lipinski definition) is 2. The van der Waals surface area contributed by atoms with Crippen molar-refractivity contribution in [2.24, 2.45) is 0 Å². The summed E-state index contributed by atoms with van der Waals surface area (Å²) in [5, 5.41) is 26.2. The third kappa shape index (κ3) is 4.52. The van der Waals surface area contributed by atoms with E-state index in [1.807, 2.05) is 37.3 Å². The van der Waals surface area contributed by atoms with Crippen LogP contribution < -0.4 is 5.32 Å². The molecule has 1 aromatic heterocycles. The van der Waals surface area contributed by atoms with E-state index in [0.717, 1.165) is 30.4 Å². The number of thioether (sulfide) groups is 1. The predicted octanol–water partition coefficient (Wildman–Crippen LogP) is 1.28. The molecule has 1 heterocycles. The molecule has 2 aromatic rings. The Morgan fingerprint density at radius 2 is 2.10 bits per heavy atom. The SMILES string of the molecule is CCNCCn1nnnc1SCC(C)(O)c1ccccc1. The topological polar surface area (TPSA) is 75.9 Å². The molecule has 1 aromatic carbocycles. The lowest BCUT2D eigenvalue weighted by Crippen LogP contribution is -2.25. The largest absolute Gasteiger partial charge is 0.385 e. The molecule has 0 aliphatic carbocycles. The summed E-state index contributed by atoms with van der Waals surface area (Å²) in [6, 6.07) is 9.64. The van der Waals surface area contributed by atoms with Crippen LogP contribution in [0.2, 0.25) is 0 Å². The van der Waals surface area contributed by atoms with Gasteiger partial charge < -0.3 is 10.4 Å². The van der Waals surface area contributed by atoms with Crippen molar-refractivity contribution in [3.63, 3.8) is 0 Å². The molecule has 0 fully saturated rings. The summed E-state index contributed by atoms with van der Waals surface area (Å²) in [7, 11) is 0. The first-order valence-corrected chi connectivity index (χ1v) is 7.99. The van der Waals surface area contributed by atoms with Gasteiger partial charge in [-0.2, -0.15) is 0 Å². The molecule has 2 N–H and O–H groups in total. The minimum Gasteiger partial charge on any atom is -0.385 e. The molecule has 1 unspecified atom stereocenters. The molecule has 0 saturated carbocycles. The molecule has 0 aliphatic heterocycles. The maximum absolute atomic E-state index is 10.6. The zero-order valence-corrected chi connectivity index (χ0v) is 13.2. The maximum atomic E-state index is 10.6. The quantitative estimate of drug-likeness (QED) is 0.565. The van der Waals surface area contributed by atoms with E-state index in [9.17, 15) is 5.11 Å². The minimum absolute atomic E-state index is 0.499. The van der Waals surface area contributed by atoms with Crippen LogP contribution in [0, 0.1) is 0 Å². The zero-order chi connectivity index (χ0) is 15.1. The Balaban J connectivity index is 1.95. The van der Waals surface area contributed by atoms with E-state index in [0.29, 0.717) is 5.75 Å². The highest BCUT2D eigenvalue weighted by Gasteiger charge is 2.24. The Kier molecular flexibility index (Phi) is 5.72. The molecule has 0 amide bonds. The Bertz CT molecular complexity index is 543. The number of aromatic nitrogens is 4. The van der Waals surface area contributed by atoms with E-state index in [1.54, 1.807) is 4.68 Å². The van der Waals surface area contributed by atoms with Crippen molar-refractivity contribution >= 4 is 11.8 Å². The second-order valence-corrected chi connectivity index (χ2v) is 5.91. The lowest BCUT2D eigenvalue weighted by molar-refractivity contribution is 0.0838. The van der Waals surface area contributed by atoms with Crippen LogP contribution in [0.5, 0.6) is 0 Å². The van der Waals surface area contributed by atoms with Crippen LogP contribution in [0.4, 0.5) is 0 Å². The van der Waals surface area contributed by atoms with E-state index in [4.69, 9.17) is 0 Å². The molecular weight excluding hydrogens is 286 g/mol. The van der Waals surface area contributed by atoms with Crippen LogP contribution in [0.3, 0.4) is 0 Å². The van der Waals surface area contributed by atoms with Gasteiger partial charge in [0.15, 0.2) is 0 Å². The number of nitrogens with one attached hydrogen (secondary N) is 1. The van der Waals surface area contributed by atoms with E-state index >= 15 is 0 Å². The normalized spacial score (nSPS) is 14.0. The summed E-state index contributed by atoms with van der Waals surface area (Å²) >= 11 is 1.46. The maximum Gasteiger partial charge on any atom is 0.209 e. The van der Waals surface area contributed by atoms with Gasteiger partial charge in [0.05, 0.1) is 12.1 Å². The fourth-order valence-electron chi connectivity index (χ4n) is 1.89. The van der Waals surface area contributed by atoms with Gasteiger partial charge in [-0.15, -0.1) is 5.10 Å². The van der Waals surface area contributed by atoms with Gasteiger partial charge in [0, 0.05) is 12.3 Å². The van der Waals surface area contributed by atoms with Crippen molar-refractivity contribution in [1.82, 2.24) is 25.5 Å². The highest BCUT2D eigenvalue weighted by Crippen LogP contribution is 2.27. The van der Waals surface area contributed by atoms with Gasteiger partial charge in [-0.1, -0.05) is 49.0 Å². The zero-order valence-electron chi connectivity index (χ0n) is 12.4. The smallest absolute Gasteiger partial charge is 0.209 e. The van der Waals surface area contributed by atoms with Crippen molar-refractivity contribution in [1.29, 1.82) is 0 Å². The van der Waals surface area contributed by atoms with Gasteiger partial charge in [-0.25, -0.2) is 4.68 Å². The Hall–Kier alpha value is -1.44. The highest BCUT2D eigenvalue weighted by molar-refractivity contribution is 7.99. The number of tetrazole rings is 1. The number of likely N-dealkylation sites (N-methyl/N-ethyl adjacent to an activating group) is 1. The van der Waals surface area contributed by atoms with Crippen LogP contribution in [-0.4, -0.2) is 44.2 Å². The highest BCUT2D eigenvalue weighted by atomic mass is 32.2. The molecule has 114 valence electrons. The molecular formula is C14H21N5OS. The fraction of sp³-hybridized carbons (Fsp3) is 0.500. The van der Waals surface area contributed by atoms with Gasteiger partial charge >= 0.3 is 0 Å². The van der Waals surface area contributed by atoms with Crippen molar-refractivity contribution in [2.75, 3.05) is 18.8 Å². The van der Waals surface area contributed by atoms with Gasteiger partial charge in [-0.3, -0.25) is 0 Å². The molecule has 0 saturated heterocycles. The Morgan fingerprint density at radius 3 is 2.81 bits per heavy atom. The fourth-order valence-corrected chi connectivity index (χ4v) is 2.84. The van der Waals surface area contributed by atoms with E-state index in [2.05, 4.69) is 27.8 Å². The molecule has 0 bridgehead atoms. The van der Waals surface area contributed by atoms with Gasteiger partial charge in [0.1, 0.15) is 0 Å². The van der Waals surface area contributed by atoms with Crippen LogP contribution >= 0.6 is 11.8 Å². The van der Waals surface area contributed by atoms with Crippen molar-refractivity contribution in [3.8, 4) is 0 Å². The number of rotatable bonds is 8. The third-order valence-corrected chi connectivity index (χ3v) is 4.38. The molecule has 1 atom stereocenters. The first-order valence-electron chi connectivity index (χ1n) is 7.01. The molecule has 2 rings (SSSR count). The summed E-state index contributed by atoms with van der Waals surface area (Å²) in [6.07, 6.45) is 0. The monoisotopic (exact) mass is 307 g/mol. The summed E-state index contributed by atoms with van der Waals surface area (Å²) < 4.78 is 1.76. The molecule has 0 aliphatic rings. The van der Waals surface area contributed by atoms with Gasteiger partial charge in [0.25, 0.3) is 0 Å². The second kappa shape index (κ2) is 7.53. The second-order valence-electron chi connectivity index (χ2n) is 4.97. The Morgan fingerprint density at radius 1 is 1.33 bits per heavy atom. The van der Waals surface area contributed by atoms with Crippen molar-refractivity contribution in [3.05, 3.63) is 35.9 Å². The average Bonchev–Trinajstić information content (AvgIpc) is 2.94. The summed E-state index contributed by atoms with van der Waals surface area (Å²) in [6.45, 7) is 6.34. The number of aliphatic hydroxyl groups is 1. The van der Waals surface area contributed by atoms with Crippen LogP contribution in [0.15, 0.2) is 35.5 Å². The molecule has 0 radical (unpaired) electrons. The average molecular weight is 307 g/mol.